The Morgan fingerprint density at radius 1 is 1.47 bits per heavy atom. The first-order valence-electron chi connectivity index (χ1n) is 5.22. The number of aryl methyl sites for hydroxylation is 1. The molecule has 0 aliphatic rings. The highest BCUT2D eigenvalue weighted by Gasteiger charge is 1.97. The SMILES string of the molecule is C=C/C(=C\C=C/C)c1ccc(CC)nc1. The molecule has 0 unspecified atom stereocenters. The molecule has 1 rings (SSSR count). The lowest BCUT2D eigenvalue weighted by atomic mass is 10.1. The summed E-state index contributed by atoms with van der Waals surface area (Å²) in [6, 6.07) is 4.14. The number of aromatic nitrogens is 1. The van der Waals surface area contributed by atoms with Crippen molar-refractivity contribution in [3.8, 4) is 0 Å². The lowest BCUT2D eigenvalue weighted by Crippen LogP contribution is -1.88. The Morgan fingerprint density at radius 2 is 2.27 bits per heavy atom. The van der Waals surface area contributed by atoms with Crippen LogP contribution in [0.3, 0.4) is 0 Å². The summed E-state index contributed by atoms with van der Waals surface area (Å²) in [5, 5.41) is 0. The van der Waals surface area contributed by atoms with Gasteiger partial charge in [-0.15, -0.1) is 0 Å². The topological polar surface area (TPSA) is 12.9 Å². The van der Waals surface area contributed by atoms with E-state index in [4.69, 9.17) is 0 Å². The van der Waals surface area contributed by atoms with Gasteiger partial charge in [-0.3, -0.25) is 4.98 Å². The molecule has 0 radical (unpaired) electrons. The van der Waals surface area contributed by atoms with Crippen LogP contribution >= 0.6 is 0 Å². The maximum atomic E-state index is 4.36. The third-order valence-electron chi connectivity index (χ3n) is 2.21. The third kappa shape index (κ3) is 3.21. The van der Waals surface area contributed by atoms with Gasteiger partial charge in [-0.1, -0.05) is 43.9 Å². The predicted molar refractivity (Wildman–Crippen MR) is 66.6 cm³/mol. The van der Waals surface area contributed by atoms with Gasteiger partial charge in [-0.2, -0.15) is 0 Å². The van der Waals surface area contributed by atoms with Crippen LogP contribution < -0.4 is 0 Å². The number of rotatable bonds is 4. The van der Waals surface area contributed by atoms with Crippen molar-refractivity contribution in [1.82, 2.24) is 4.98 Å². The summed E-state index contributed by atoms with van der Waals surface area (Å²) in [6.07, 6.45) is 10.8. The van der Waals surface area contributed by atoms with Crippen LogP contribution in [0.15, 0.2) is 49.2 Å². The van der Waals surface area contributed by atoms with Crippen molar-refractivity contribution >= 4 is 5.57 Å². The van der Waals surface area contributed by atoms with E-state index in [1.165, 1.54) is 0 Å². The number of nitrogens with zero attached hydrogens (tertiary/aromatic N) is 1. The molecule has 0 atom stereocenters. The van der Waals surface area contributed by atoms with Gasteiger partial charge in [0.2, 0.25) is 0 Å². The molecule has 15 heavy (non-hydrogen) atoms. The summed E-state index contributed by atoms with van der Waals surface area (Å²) < 4.78 is 0. The van der Waals surface area contributed by atoms with Crippen LogP contribution in [-0.2, 0) is 6.42 Å². The zero-order valence-electron chi connectivity index (χ0n) is 9.40. The Morgan fingerprint density at radius 3 is 2.73 bits per heavy atom. The van der Waals surface area contributed by atoms with E-state index < -0.39 is 0 Å². The zero-order valence-corrected chi connectivity index (χ0v) is 9.40. The maximum Gasteiger partial charge on any atom is 0.0401 e. The van der Waals surface area contributed by atoms with Crippen LogP contribution in [0.2, 0.25) is 0 Å². The summed E-state index contributed by atoms with van der Waals surface area (Å²) in [6.45, 7) is 7.90. The Labute approximate surface area is 91.9 Å². The monoisotopic (exact) mass is 199 g/mol. The number of allylic oxidation sites excluding steroid dienone is 5. The van der Waals surface area contributed by atoms with E-state index in [9.17, 15) is 0 Å². The number of hydrogen-bond acceptors (Lipinski definition) is 1. The van der Waals surface area contributed by atoms with E-state index in [-0.39, 0.29) is 0 Å². The fourth-order valence-corrected chi connectivity index (χ4v) is 1.29. The molecule has 0 saturated carbocycles. The average Bonchev–Trinajstić information content (AvgIpc) is 2.31. The molecule has 0 saturated heterocycles. The van der Waals surface area contributed by atoms with Crippen molar-refractivity contribution in [3.63, 3.8) is 0 Å². The average molecular weight is 199 g/mol. The van der Waals surface area contributed by atoms with Gasteiger partial charge in [0.25, 0.3) is 0 Å². The molecule has 0 fully saturated rings. The molecule has 0 spiro atoms. The number of pyridine rings is 1. The smallest absolute Gasteiger partial charge is 0.0401 e. The van der Waals surface area contributed by atoms with Gasteiger partial charge >= 0.3 is 0 Å². The minimum Gasteiger partial charge on any atom is -0.261 e. The van der Waals surface area contributed by atoms with Crippen molar-refractivity contribution in [2.24, 2.45) is 0 Å². The first-order valence-corrected chi connectivity index (χ1v) is 5.22. The first kappa shape index (κ1) is 11.4. The molecule has 1 aromatic rings. The van der Waals surface area contributed by atoms with Crippen LogP contribution in [0.4, 0.5) is 0 Å². The summed E-state index contributed by atoms with van der Waals surface area (Å²) >= 11 is 0. The molecule has 0 N–H and O–H groups in total. The van der Waals surface area contributed by atoms with Gasteiger partial charge in [0.1, 0.15) is 0 Å². The fourth-order valence-electron chi connectivity index (χ4n) is 1.29. The molecular formula is C14H17N. The van der Waals surface area contributed by atoms with Crippen LogP contribution in [0.25, 0.3) is 5.57 Å². The van der Waals surface area contributed by atoms with E-state index in [1.807, 2.05) is 37.4 Å². The van der Waals surface area contributed by atoms with Gasteiger partial charge < -0.3 is 0 Å². The standard InChI is InChI=1S/C14H17N/c1-4-7-8-12(5-2)13-9-10-14(6-3)15-11-13/h4-5,7-11H,2,6H2,1,3H3/b7-4-,12-8+. The Kier molecular flexibility index (Phi) is 4.55. The molecule has 1 nitrogen and oxygen atoms in total. The van der Waals surface area contributed by atoms with E-state index in [0.717, 1.165) is 23.3 Å². The Bertz CT molecular complexity index is 369. The third-order valence-corrected chi connectivity index (χ3v) is 2.21. The highest BCUT2D eigenvalue weighted by molar-refractivity contribution is 5.74. The molecule has 0 amide bonds. The van der Waals surface area contributed by atoms with Crippen molar-refractivity contribution < 1.29 is 0 Å². The highest BCUT2D eigenvalue weighted by atomic mass is 14.7. The van der Waals surface area contributed by atoms with Gasteiger partial charge in [-0.05, 0) is 30.5 Å². The number of hydrogen-bond donors (Lipinski definition) is 0. The summed E-state index contributed by atoms with van der Waals surface area (Å²) in [5.74, 6) is 0. The lowest BCUT2D eigenvalue weighted by Gasteiger charge is -2.02. The van der Waals surface area contributed by atoms with Gasteiger partial charge in [0, 0.05) is 11.9 Å². The molecule has 1 heteroatoms. The van der Waals surface area contributed by atoms with Gasteiger partial charge in [0.05, 0.1) is 0 Å². The summed E-state index contributed by atoms with van der Waals surface area (Å²) in [4.78, 5) is 4.36. The Balaban J connectivity index is 2.97. The van der Waals surface area contributed by atoms with Crippen molar-refractivity contribution in [2.75, 3.05) is 0 Å². The quantitative estimate of drug-likeness (QED) is 0.672. The molecule has 1 heterocycles. The van der Waals surface area contributed by atoms with Crippen molar-refractivity contribution in [1.29, 1.82) is 0 Å². The predicted octanol–water partition coefficient (Wildman–Crippen LogP) is 3.79. The maximum absolute atomic E-state index is 4.36. The largest absolute Gasteiger partial charge is 0.261 e. The molecule has 0 aliphatic heterocycles. The summed E-state index contributed by atoms with van der Waals surface area (Å²) in [5.41, 5.74) is 3.33. The van der Waals surface area contributed by atoms with Crippen molar-refractivity contribution in [2.45, 2.75) is 20.3 Å². The minimum absolute atomic E-state index is 0.974. The lowest BCUT2D eigenvalue weighted by molar-refractivity contribution is 1.03. The van der Waals surface area contributed by atoms with E-state index in [0.29, 0.717) is 0 Å². The van der Waals surface area contributed by atoms with E-state index >= 15 is 0 Å². The molecule has 0 bridgehead atoms. The molecule has 0 aromatic carbocycles. The minimum atomic E-state index is 0.974. The van der Waals surface area contributed by atoms with E-state index in [2.05, 4.69) is 30.6 Å². The van der Waals surface area contributed by atoms with Crippen LogP contribution in [0.5, 0.6) is 0 Å². The first-order chi connectivity index (χ1) is 7.31. The van der Waals surface area contributed by atoms with Crippen molar-refractivity contribution in [3.05, 3.63) is 60.5 Å². The molecule has 78 valence electrons. The second-order valence-electron chi connectivity index (χ2n) is 3.24. The van der Waals surface area contributed by atoms with Gasteiger partial charge in [-0.25, -0.2) is 0 Å². The molecule has 0 aliphatic carbocycles. The van der Waals surface area contributed by atoms with E-state index in [1.54, 1.807) is 0 Å². The Hall–Kier alpha value is -1.63. The summed E-state index contributed by atoms with van der Waals surface area (Å²) in [7, 11) is 0. The second kappa shape index (κ2) is 5.97. The highest BCUT2D eigenvalue weighted by Crippen LogP contribution is 2.14. The fraction of sp³-hybridized carbons (Fsp3) is 0.214. The van der Waals surface area contributed by atoms with Crippen LogP contribution in [0.1, 0.15) is 25.1 Å². The second-order valence-corrected chi connectivity index (χ2v) is 3.24. The molecule has 1 aromatic heterocycles. The van der Waals surface area contributed by atoms with Crippen LogP contribution in [0, 0.1) is 0 Å². The molecular weight excluding hydrogens is 182 g/mol. The van der Waals surface area contributed by atoms with Crippen LogP contribution in [-0.4, -0.2) is 4.98 Å². The zero-order chi connectivity index (χ0) is 11.1. The normalized spacial score (nSPS) is 12.0. The van der Waals surface area contributed by atoms with Gasteiger partial charge in [0.15, 0.2) is 0 Å².